The Hall–Kier alpha value is -3.01. The summed E-state index contributed by atoms with van der Waals surface area (Å²) >= 11 is 3.12. The largest absolute Gasteiger partial charge is 0.495 e. The molecule has 2 atom stereocenters. The Labute approximate surface area is 202 Å². The maximum Gasteiger partial charge on any atom is 0.329 e. The summed E-state index contributed by atoms with van der Waals surface area (Å²) in [7, 11) is 1.52. The van der Waals surface area contributed by atoms with Crippen molar-refractivity contribution < 1.29 is 13.9 Å². The first-order valence-corrected chi connectivity index (χ1v) is 11.9. The fourth-order valence-electron chi connectivity index (χ4n) is 5.43. The van der Waals surface area contributed by atoms with E-state index >= 15 is 0 Å². The first-order valence-electron chi connectivity index (χ1n) is 11.1. The molecule has 3 saturated carbocycles. The molecule has 3 aliphatic carbocycles. The fourth-order valence-corrected chi connectivity index (χ4v) is 5.95. The highest BCUT2D eigenvalue weighted by Gasteiger charge is 2.57. The lowest BCUT2D eigenvalue weighted by atomic mass is 9.43. The second-order valence-corrected chi connectivity index (χ2v) is 10.2. The van der Waals surface area contributed by atoms with Crippen LogP contribution in [-0.4, -0.2) is 27.6 Å². The van der Waals surface area contributed by atoms with Gasteiger partial charge < -0.3 is 15.0 Å². The van der Waals surface area contributed by atoms with E-state index in [1.807, 2.05) is 0 Å². The second-order valence-electron chi connectivity index (χ2n) is 9.41. The molecule has 3 fully saturated rings. The number of fused-ring (bicyclic) bond motifs is 1. The van der Waals surface area contributed by atoms with Gasteiger partial charge in [-0.15, -0.1) is 0 Å². The average Bonchev–Trinajstić information content (AvgIpc) is 2.75. The van der Waals surface area contributed by atoms with E-state index in [1.165, 1.54) is 19.2 Å². The number of aromatic nitrogens is 3. The molecule has 2 bridgehead atoms. The van der Waals surface area contributed by atoms with Crippen LogP contribution in [0.4, 0.5) is 4.39 Å². The number of methoxy groups -OCH3 is 1. The SMILES string of the molecule is COc1cccnc1C(C)NC(=O)C(CC12CC(C1)C2)n1c(=O)[nH]c2ccc(F)c(Br)c2c1=O. The third-order valence-corrected chi connectivity index (χ3v) is 7.96. The molecule has 2 N–H and O–H groups in total. The van der Waals surface area contributed by atoms with Gasteiger partial charge in [0.05, 0.1) is 28.5 Å². The Morgan fingerprint density at radius 2 is 2.09 bits per heavy atom. The number of H-pyrrole nitrogens is 1. The van der Waals surface area contributed by atoms with Crippen molar-refractivity contribution in [2.75, 3.05) is 7.11 Å². The van der Waals surface area contributed by atoms with E-state index in [4.69, 9.17) is 4.74 Å². The second kappa shape index (κ2) is 8.33. The Kier molecular flexibility index (Phi) is 5.58. The first-order chi connectivity index (χ1) is 16.2. The van der Waals surface area contributed by atoms with Crippen LogP contribution in [0.15, 0.2) is 44.5 Å². The number of hydrogen-bond donors (Lipinski definition) is 2. The minimum Gasteiger partial charge on any atom is -0.495 e. The van der Waals surface area contributed by atoms with Crippen molar-refractivity contribution in [1.82, 2.24) is 19.9 Å². The van der Waals surface area contributed by atoms with Crippen molar-refractivity contribution in [3.05, 3.63) is 67.3 Å². The van der Waals surface area contributed by atoms with Crippen LogP contribution in [0.3, 0.4) is 0 Å². The van der Waals surface area contributed by atoms with Gasteiger partial charge in [-0.25, -0.2) is 13.8 Å². The van der Waals surface area contributed by atoms with Crippen LogP contribution >= 0.6 is 15.9 Å². The molecule has 1 aromatic carbocycles. The number of nitrogens with one attached hydrogen (secondary N) is 2. The Morgan fingerprint density at radius 3 is 2.74 bits per heavy atom. The van der Waals surface area contributed by atoms with Gasteiger partial charge in [-0.05, 0) is 84.1 Å². The predicted octanol–water partition coefficient (Wildman–Crippen LogP) is 3.60. The van der Waals surface area contributed by atoms with Crippen LogP contribution in [0.2, 0.25) is 0 Å². The maximum absolute atomic E-state index is 14.2. The molecule has 2 heterocycles. The highest BCUT2D eigenvalue weighted by atomic mass is 79.9. The Bertz CT molecular complexity index is 1400. The Morgan fingerprint density at radius 1 is 1.35 bits per heavy atom. The molecular weight excluding hydrogens is 507 g/mol. The number of halogens is 2. The number of benzene rings is 1. The summed E-state index contributed by atoms with van der Waals surface area (Å²) in [6.07, 6.45) is 4.92. The van der Waals surface area contributed by atoms with Crippen molar-refractivity contribution in [1.29, 1.82) is 0 Å². The lowest BCUT2D eigenvalue weighted by Gasteiger charge is -2.63. The van der Waals surface area contributed by atoms with Gasteiger partial charge in [-0.1, -0.05) is 0 Å². The lowest BCUT2D eigenvalue weighted by Crippen LogP contribution is -2.55. The van der Waals surface area contributed by atoms with Crippen LogP contribution in [0, 0.1) is 17.2 Å². The molecule has 0 radical (unpaired) electrons. The predicted molar refractivity (Wildman–Crippen MR) is 127 cm³/mol. The van der Waals surface area contributed by atoms with Crippen molar-refractivity contribution in [3.63, 3.8) is 0 Å². The van der Waals surface area contributed by atoms with E-state index in [2.05, 4.69) is 31.2 Å². The van der Waals surface area contributed by atoms with Gasteiger partial charge in [-0.3, -0.25) is 14.6 Å². The van der Waals surface area contributed by atoms with E-state index in [9.17, 15) is 18.8 Å². The van der Waals surface area contributed by atoms with Crippen molar-refractivity contribution in [3.8, 4) is 5.75 Å². The number of ether oxygens (including phenoxy) is 1. The number of nitrogens with zero attached hydrogens (tertiary/aromatic N) is 2. The third kappa shape index (κ3) is 3.64. The smallest absolute Gasteiger partial charge is 0.329 e. The lowest BCUT2D eigenvalue weighted by molar-refractivity contribution is -0.140. The zero-order valence-corrected chi connectivity index (χ0v) is 20.3. The van der Waals surface area contributed by atoms with Crippen LogP contribution in [0.25, 0.3) is 10.9 Å². The van der Waals surface area contributed by atoms with Crippen molar-refractivity contribution >= 4 is 32.7 Å². The number of carbonyl (C=O) groups excluding carboxylic acids is 1. The van der Waals surface area contributed by atoms with Crippen LogP contribution < -0.4 is 21.3 Å². The Balaban J connectivity index is 1.56. The molecule has 1 amide bonds. The van der Waals surface area contributed by atoms with E-state index in [0.717, 1.165) is 23.8 Å². The molecular formula is C24H24BrFN4O4. The van der Waals surface area contributed by atoms with Gasteiger partial charge in [0.1, 0.15) is 23.3 Å². The van der Waals surface area contributed by atoms with Gasteiger partial charge >= 0.3 is 5.69 Å². The summed E-state index contributed by atoms with van der Waals surface area (Å²) in [4.78, 5) is 47.0. The van der Waals surface area contributed by atoms with Gasteiger partial charge in [0.2, 0.25) is 5.91 Å². The van der Waals surface area contributed by atoms with Crippen molar-refractivity contribution in [2.24, 2.45) is 11.3 Å². The molecule has 0 spiro atoms. The molecule has 8 nitrogen and oxygen atoms in total. The zero-order chi connectivity index (χ0) is 24.2. The molecule has 34 heavy (non-hydrogen) atoms. The van der Waals surface area contributed by atoms with Gasteiger partial charge in [0.25, 0.3) is 5.56 Å². The number of aromatic amines is 1. The van der Waals surface area contributed by atoms with Crippen LogP contribution in [0.1, 0.15) is 50.4 Å². The minimum absolute atomic E-state index is 0.00515. The van der Waals surface area contributed by atoms with E-state index in [-0.39, 0.29) is 20.8 Å². The molecule has 10 heteroatoms. The average molecular weight is 531 g/mol. The van der Waals surface area contributed by atoms with E-state index in [1.54, 1.807) is 25.3 Å². The number of amides is 1. The van der Waals surface area contributed by atoms with Gasteiger partial charge in [0.15, 0.2) is 0 Å². The van der Waals surface area contributed by atoms with Gasteiger partial charge in [-0.2, -0.15) is 0 Å². The molecule has 6 rings (SSSR count). The number of carbonyl (C=O) groups is 1. The summed E-state index contributed by atoms with van der Waals surface area (Å²) in [5.74, 6) is 0.0885. The molecule has 0 aliphatic heterocycles. The standard InChI is InChI=1S/C24H24BrFN4O4/c1-12(20-17(34-2)4-3-7-27-20)28-21(31)16(11-24-8-13(9-24)10-24)30-22(32)18-15(29-23(30)33)6-5-14(26)19(18)25/h3-7,12-13,16H,8-11H2,1-2H3,(H,28,31)(H,29,33). The molecule has 2 aromatic heterocycles. The zero-order valence-electron chi connectivity index (χ0n) is 18.7. The number of hydrogen-bond acceptors (Lipinski definition) is 5. The highest BCUT2D eigenvalue weighted by Crippen LogP contribution is 2.67. The monoisotopic (exact) mass is 530 g/mol. The summed E-state index contributed by atoms with van der Waals surface area (Å²) in [5.41, 5.74) is -0.715. The van der Waals surface area contributed by atoms with Gasteiger partial charge in [0, 0.05) is 6.20 Å². The number of rotatable bonds is 7. The first kappa shape index (κ1) is 22.8. The highest BCUT2D eigenvalue weighted by molar-refractivity contribution is 9.10. The summed E-state index contributed by atoms with van der Waals surface area (Å²) < 4.78 is 20.5. The molecule has 3 aliphatic rings. The molecule has 2 unspecified atom stereocenters. The normalized spacial score (nSPS) is 22.4. The maximum atomic E-state index is 14.2. The molecule has 178 valence electrons. The summed E-state index contributed by atoms with van der Waals surface area (Å²) in [6, 6.07) is 4.41. The van der Waals surface area contributed by atoms with E-state index < -0.39 is 35.1 Å². The van der Waals surface area contributed by atoms with Crippen LogP contribution in [0.5, 0.6) is 5.75 Å². The topological polar surface area (TPSA) is 106 Å². The third-order valence-electron chi connectivity index (χ3n) is 7.18. The number of pyridine rings is 1. The quantitative estimate of drug-likeness (QED) is 0.485. The summed E-state index contributed by atoms with van der Waals surface area (Å²) in [6.45, 7) is 1.76. The van der Waals surface area contributed by atoms with E-state index in [0.29, 0.717) is 23.8 Å². The summed E-state index contributed by atoms with van der Waals surface area (Å²) in [5, 5.41) is 2.90. The molecule has 0 saturated heterocycles. The van der Waals surface area contributed by atoms with Crippen molar-refractivity contribution in [2.45, 2.75) is 44.7 Å². The van der Waals surface area contributed by atoms with Crippen LogP contribution in [-0.2, 0) is 4.79 Å². The fraction of sp³-hybridized carbons (Fsp3) is 0.417. The molecule has 3 aromatic rings. The minimum atomic E-state index is -1.05.